The predicted octanol–water partition coefficient (Wildman–Crippen LogP) is 5.30. The largest absolute Gasteiger partial charge is 0.324 e. The molecule has 27 heavy (non-hydrogen) atoms. The van der Waals surface area contributed by atoms with Crippen LogP contribution in [0.3, 0.4) is 0 Å². The van der Waals surface area contributed by atoms with E-state index in [4.69, 9.17) is 11.6 Å². The number of aromatic nitrogens is 2. The average Bonchev–Trinajstić information content (AvgIpc) is 2.98. The van der Waals surface area contributed by atoms with E-state index in [-0.39, 0.29) is 5.91 Å². The molecule has 0 aliphatic rings. The molecule has 1 aromatic heterocycles. The molecule has 0 saturated heterocycles. The van der Waals surface area contributed by atoms with Crippen LogP contribution in [0.5, 0.6) is 0 Å². The zero-order chi connectivity index (χ0) is 18.8. The van der Waals surface area contributed by atoms with Crippen LogP contribution < -0.4 is 5.32 Å². The Kier molecular flexibility index (Phi) is 4.65. The number of hydrogen-bond donors (Lipinski definition) is 1. The van der Waals surface area contributed by atoms with Crippen LogP contribution >= 0.6 is 11.6 Å². The van der Waals surface area contributed by atoms with Crippen LogP contribution in [0.4, 0.5) is 5.69 Å². The first-order valence-corrected chi connectivity index (χ1v) is 9.06. The molecule has 4 rings (SSSR count). The summed E-state index contributed by atoms with van der Waals surface area (Å²) in [5, 5.41) is 3.52. The van der Waals surface area contributed by atoms with Gasteiger partial charge in [0, 0.05) is 22.8 Å². The highest BCUT2D eigenvalue weighted by molar-refractivity contribution is 6.30. The number of rotatable bonds is 4. The minimum Gasteiger partial charge on any atom is -0.324 e. The van der Waals surface area contributed by atoms with E-state index in [1.54, 1.807) is 24.3 Å². The van der Waals surface area contributed by atoms with Gasteiger partial charge in [0.1, 0.15) is 5.82 Å². The van der Waals surface area contributed by atoms with Crippen molar-refractivity contribution in [3.63, 3.8) is 0 Å². The van der Waals surface area contributed by atoms with Crippen molar-refractivity contribution >= 4 is 34.2 Å². The van der Waals surface area contributed by atoms with E-state index in [9.17, 15) is 4.79 Å². The minimum atomic E-state index is -0.175. The lowest BCUT2D eigenvalue weighted by Crippen LogP contribution is -2.11. The fraction of sp³-hybridized carbons (Fsp3) is 0.0909. The van der Waals surface area contributed by atoms with Crippen molar-refractivity contribution in [3.8, 4) is 0 Å². The summed E-state index contributed by atoms with van der Waals surface area (Å²) in [6.45, 7) is 2.76. The lowest BCUT2D eigenvalue weighted by Gasteiger charge is -2.08. The number of imidazole rings is 1. The van der Waals surface area contributed by atoms with E-state index in [1.807, 2.05) is 43.3 Å². The molecule has 1 N–H and O–H groups in total. The third-order valence-corrected chi connectivity index (χ3v) is 4.74. The molecular weight excluding hydrogens is 358 g/mol. The summed E-state index contributed by atoms with van der Waals surface area (Å²) in [4.78, 5) is 17.1. The molecule has 5 heteroatoms. The third kappa shape index (κ3) is 3.71. The Labute approximate surface area is 162 Å². The number of hydrogen-bond acceptors (Lipinski definition) is 2. The van der Waals surface area contributed by atoms with Crippen LogP contribution in [0, 0.1) is 6.92 Å². The van der Waals surface area contributed by atoms with E-state index in [1.165, 1.54) is 5.56 Å². The molecule has 0 radical (unpaired) electrons. The van der Waals surface area contributed by atoms with Gasteiger partial charge in [-0.1, -0.05) is 41.9 Å². The van der Waals surface area contributed by atoms with Gasteiger partial charge in [-0.05, 0) is 55.0 Å². The van der Waals surface area contributed by atoms with Crippen LogP contribution in [-0.2, 0) is 6.54 Å². The van der Waals surface area contributed by atoms with Gasteiger partial charge in [-0.2, -0.15) is 0 Å². The van der Waals surface area contributed by atoms with E-state index >= 15 is 0 Å². The maximum absolute atomic E-state index is 12.4. The molecule has 4 aromatic rings. The van der Waals surface area contributed by atoms with E-state index in [0.717, 1.165) is 23.4 Å². The number of nitrogens with zero attached hydrogens (tertiary/aromatic N) is 2. The molecule has 1 heterocycles. The van der Waals surface area contributed by atoms with Crippen molar-refractivity contribution in [1.82, 2.24) is 9.55 Å². The first-order valence-electron chi connectivity index (χ1n) is 8.68. The first-order chi connectivity index (χ1) is 13.1. The molecule has 4 nitrogen and oxygen atoms in total. The Balaban J connectivity index is 1.59. The molecule has 3 aromatic carbocycles. The summed E-state index contributed by atoms with van der Waals surface area (Å²) in [5.41, 5.74) is 4.40. The molecule has 1 amide bonds. The van der Waals surface area contributed by atoms with E-state index in [2.05, 4.69) is 27.0 Å². The van der Waals surface area contributed by atoms with Gasteiger partial charge in [0.2, 0.25) is 0 Å². The topological polar surface area (TPSA) is 46.9 Å². The normalized spacial score (nSPS) is 10.9. The number of carbonyl (C=O) groups is 1. The average molecular weight is 376 g/mol. The molecule has 0 aliphatic heterocycles. The van der Waals surface area contributed by atoms with Gasteiger partial charge in [0.15, 0.2) is 0 Å². The molecule has 0 fully saturated rings. The predicted molar refractivity (Wildman–Crippen MR) is 109 cm³/mol. The number of halogens is 1. The number of nitrogens with one attached hydrogen (secondary N) is 1. The van der Waals surface area contributed by atoms with Crippen LogP contribution in [-0.4, -0.2) is 15.5 Å². The summed E-state index contributed by atoms with van der Waals surface area (Å²) in [6, 6.07) is 22.9. The summed E-state index contributed by atoms with van der Waals surface area (Å²) in [7, 11) is 0. The number of carbonyl (C=O) groups excluding carboxylic acids is 1. The number of benzene rings is 3. The molecule has 0 atom stereocenters. The van der Waals surface area contributed by atoms with Crippen molar-refractivity contribution in [2.75, 3.05) is 5.32 Å². The van der Waals surface area contributed by atoms with Crippen LogP contribution in [0.15, 0.2) is 72.8 Å². The minimum absolute atomic E-state index is 0.175. The van der Waals surface area contributed by atoms with E-state index < -0.39 is 0 Å². The molecule has 0 spiro atoms. The lowest BCUT2D eigenvalue weighted by molar-refractivity contribution is 0.102. The lowest BCUT2D eigenvalue weighted by atomic mass is 10.2. The Morgan fingerprint density at radius 2 is 1.78 bits per heavy atom. The molecule has 0 saturated carbocycles. The number of amides is 1. The maximum atomic E-state index is 12.4. The van der Waals surface area contributed by atoms with Crippen LogP contribution in [0.25, 0.3) is 11.0 Å². The van der Waals surface area contributed by atoms with Gasteiger partial charge in [-0.15, -0.1) is 0 Å². The fourth-order valence-corrected chi connectivity index (χ4v) is 3.22. The second-order valence-electron chi connectivity index (χ2n) is 6.40. The highest BCUT2D eigenvalue weighted by Gasteiger charge is 2.11. The summed E-state index contributed by atoms with van der Waals surface area (Å²) < 4.78 is 2.18. The van der Waals surface area contributed by atoms with Crippen molar-refractivity contribution in [1.29, 1.82) is 0 Å². The highest BCUT2D eigenvalue weighted by atomic mass is 35.5. The summed E-state index contributed by atoms with van der Waals surface area (Å²) >= 11 is 5.87. The Hall–Kier alpha value is -3.11. The molecule has 0 bridgehead atoms. The van der Waals surface area contributed by atoms with Gasteiger partial charge < -0.3 is 9.88 Å². The molecule has 0 unspecified atom stereocenters. The Morgan fingerprint density at radius 3 is 2.52 bits per heavy atom. The number of anilines is 1. The Bertz CT molecular complexity index is 1100. The highest BCUT2D eigenvalue weighted by Crippen LogP contribution is 2.22. The molecule has 134 valence electrons. The van der Waals surface area contributed by atoms with Gasteiger partial charge >= 0.3 is 0 Å². The van der Waals surface area contributed by atoms with Crippen molar-refractivity contribution < 1.29 is 4.79 Å². The van der Waals surface area contributed by atoms with Crippen molar-refractivity contribution in [2.45, 2.75) is 13.5 Å². The zero-order valence-electron chi connectivity index (χ0n) is 14.8. The summed E-state index contributed by atoms with van der Waals surface area (Å²) in [5.74, 6) is 0.765. The second kappa shape index (κ2) is 7.25. The SMILES string of the molecule is Cc1nc2cc(NC(=O)c3ccc(Cl)cc3)ccc2n1Cc1ccccc1. The van der Waals surface area contributed by atoms with Gasteiger partial charge in [0.25, 0.3) is 5.91 Å². The van der Waals surface area contributed by atoms with Crippen molar-refractivity contribution in [3.05, 3.63) is 94.8 Å². The van der Waals surface area contributed by atoms with Crippen molar-refractivity contribution in [2.24, 2.45) is 0 Å². The third-order valence-electron chi connectivity index (χ3n) is 4.49. The first kappa shape index (κ1) is 17.3. The van der Waals surface area contributed by atoms with Gasteiger partial charge in [-0.25, -0.2) is 4.98 Å². The number of fused-ring (bicyclic) bond motifs is 1. The Morgan fingerprint density at radius 1 is 1.04 bits per heavy atom. The van der Waals surface area contributed by atoms with E-state index in [0.29, 0.717) is 16.3 Å². The number of aryl methyl sites for hydroxylation is 1. The standard InChI is InChI=1S/C22H18ClN3O/c1-15-24-20-13-19(25-22(27)17-7-9-18(23)10-8-17)11-12-21(20)26(15)14-16-5-3-2-4-6-16/h2-13H,14H2,1H3,(H,25,27). The second-order valence-corrected chi connectivity index (χ2v) is 6.83. The molecule has 0 aliphatic carbocycles. The van der Waals surface area contributed by atoms with Gasteiger partial charge in [0.05, 0.1) is 11.0 Å². The molecular formula is C22H18ClN3O. The smallest absolute Gasteiger partial charge is 0.255 e. The quantitative estimate of drug-likeness (QED) is 0.526. The zero-order valence-corrected chi connectivity index (χ0v) is 15.6. The monoisotopic (exact) mass is 375 g/mol. The van der Waals surface area contributed by atoms with Crippen LogP contribution in [0.2, 0.25) is 5.02 Å². The fourth-order valence-electron chi connectivity index (χ4n) is 3.10. The van der Waals surface area contributed by atoms with Crippen LogP contribution in [0.1, 0.15) is 21.7 Å². The maximum Gasteiger partial charge on any atom is 0.255 e. The summed E-state index contributed by atoms with van der Waals surface area (Å²) in [6.07, 6.45) is 0. The van der Waals surface area contributed by atoms with Gasteiger partial charge in [-0.3, -0.25) is 4.79 Å².